The Kier molecular flexibility index (Phi) is 3.39. The molecule has 0 bridgehead atoms. The predicted molar refractivity (Wildman–Crippen MR) is 61.4 cm³/mol. The first kappa shape index (κ1) is 11.2. The van der Waals surface area contributed by atoms with Crippen LogP contribution in [-0.2, 0) is 0 Å². The van der Waals surface area contributed by atoms with Crippen molar-refractivity contribution in [3.05, 3.63) is 64.6 Å². The van der Waals surface area contributed by atoms with Gasteiger partial charge in [0.1, 0.15) is 0 Å². The Hall–Kier alpha value is -1.90. The Bertz CT molecular complexity index is 410. The Morgan fingerprint density at radius 3 is 2.60 bits per heavy atom. The molecule has 0 aliphatic rings. The molecule has 0 aliphatic heterocycles. The first-order chi connectivity index (χ1) is 7.11. The van der Waals surface area contributed by atoms with Crippen LogP contribution < -0.4 is 0 Å². The van der Waals surface area contributed by atoms with Crippen molar-refractivity contribution in [3.63, 3.8) is 0 Å². The highest BCUT2D eigenvalue weighted by Crippen LogP contribution is 2.28. The molecule has 0 saturated heterocycles. The molecular formula is C12H12NO2. The number of hydrogen-bond donors (Lipinski definition) is 0. The van der Waals surface area contributed by atoms with E-state index in [0.717, 1.165) is 11.5 Å². The minimum absolute atomic E-state index is 0.0729. The van der Waals surface area contributed by atoms with Gasteiger partial charge in [-0.15, -0.1) is 6.58 Å². The summed E-state index contributed by atoms with van der Waals surface area (Å²) in [5.74, 6) is 0.897. The topological polar surface area (TPSA) is 43.1 Å². The summed E-state index contributed by atoms with van der Waals surface area (Å²) in [6, 6.07) is 4.95. The van der Waals surface area contributed by atoms with E-state index < -0.39 is 4.92 Å². The first-order valence-electron chi connectivity index (χ1n) is 4.48. The van der Waals surface area contributed by atoms with E-state index in [1.807, 2.05) is 13.0 Å². The lowest BCUT2D eigenvalue weighted by Gasteiger charge is -2.09. The SMILES string of the molecule is C=C[C](C)c1cccc([N+](=O)[O-])c1C=C. The molecule has 0 saturated carbocycles. The van der Waals surface area contributed by atoms with Gasteiger partial charge >= 0.3 is 0 Å². The normalized spacial score (nSPS) is 10.0. The highest BCUT2D eigenvalue weighted by Gasteiger charge is 2.16. The van der Waals surface area contributed by atoms with Crippen molar-refractivity contribution in [1.29, 1.82) is 0 Å². The second-order valence-corrected chi connectivity index (χ2v) is 3.09. The van der Waals surface area contributed by atoms with Gasteiger partial charge in [0, 0.05) is 12.0 Å². The van der Waals surface area contributed by atoms with Crippen molar-refractivity contribution in [1.82, 2.24) is 0 Å². The Labute approximate surface area is 88.9 Å². The lowest BCUT2D eigenvalue weighted by molar-refractivity contribution is -0.385. The van der Waals surface area contributed by atoms with Gasteiger partial charge in [-0.05, 0) is 5.56 Å². The predicted octanol–water partition coefficient (Wildman–Crippen LogP) is 3.37. The van der Waals surface area contributed by atoms with E-state index in [9.17, 15) is 10.1 Å². The summed E-state index contributed by atoms with van der Waals surface area (Å²) < 4.78 is 0. The Morgan fingerprint density at radius 2 is 2.13 bits per heavy atom. The summed E-state index contributed by atoms with van der Waals surface area (Å²) in [5, 5.41) is 10.8. The molecule has 0 amide bonds. The van der Waals surface area contributed by atoms with Gasteiger partial charge in [-0.3, -0.25) is 10.1 Å². The maximum Gasteiger partial charge on any atom is 0.276 e. The summed E-state index contributed by atoms with van der Waals surface area (Å²) in [7, 11) is 0. The van der Waals surface area contributed by atoms with Gasteiger partial charge in [0.05, 0.1) is 10.5 Å². The fourth-order valence-electron chi connectivity index (χ4n) is 1.38. The average Bonchev–Trinajstić information content (AvgIpc) is 2.26. The fraction of sp³-hybridized carbons (Fsp3) is 0.0833. The molecule has 1 radical (unpaired) electrons. The molecule has 0 unspecified atom stereocenters. The fourth-order valence-corrected chi connectivity index (χ4v) is 1.38. The number of benzene rings is 1. The lowest BCUT2D eigenvalue weighted by atomic mass is 9.94. The van der Waals surface area contributed by atoms with Crippen LogP contribution >= 0.6 is 0 Å². The maximum absolute atomic E-state index is 10.8. The van der Waals surface area contributed by atoms with Crippen molar-refractivity contribution in [2.75, 3.05) is 0 Å². The van der Waals surface area contributed by atoms with E-state index in [0.29, 0.717) is 5.56 Å². The van der Waals surface area contributed by atoms with E-state index in [1.54, 1.807) is 12.1 Å². The largest absolute Gasteiger partial charge is 0.276 e. The number of nitrogens with zero attached hydrogens (tertiary/aromatic N) is 1. The van der Waals surface area contributed by atoms with Crippen LogP contribution in [-0.4, -0.2) is 4.92 Å². The van der Waals surface area contributed by atoms with E-state index in [2.05, 4.69) is 13.2 Å². The number of nitro groups is 1. The molecule has 77 valence electrons. The summed E-state index contributed by atoms with van der Waals surface area (Å²) in [4.78, 5) is 10.4. The van der Waals surface area contributed by atoms with Gasteiger partial charge in [0.25, 0.3) is 5.69 Å². The Balaban J connectivity index is 3.40. The molecule has 0 spiro atoms. The third-order valence-corrected chi connectivity index (χ3v) is 2.21. The Morgan fingerprint density at radius 1 is 1.47 bits per heavy atom. The third-order valence-electron chi connectivity index (χ3n) is 2.21. The van der Waals surface area contributed by atoms with Crippen molar-refractivity contribution < 1.29 is 4.92 Å². The molecule has 15 heavy (non-hydrogen) atoms. The van der Waals surface area contributed by atoms with Crippen LogP contribution in [0.5, 0.6) is 0 Å². The van der Waals surface area contributed by atoms with Crippen LogP contribution in [0.4, 0.5) is 5.69 Å². The summed E-state index contributed by atoms with van der Waals surface area (Å²) in [6.45, 7) is 9.11. The van der Waals surface area contributed by atoms with Gasteiger partial charge in [0.15, 0.2) is 0 Å². The number of hydrogen-bond acceptors (Lipinski definition) is 2. The number of allylic oxidation sites excluding steroid dienone is 1. The van der Waals surface area contributed by atoms with Crippen molar-refractivity contribution in [2.24, 2.45) is 0 Å². The van der Waals surface area contributed by atoms with E-state index >= 15 is 0 Å². The molecule has 1 rings (SSSR count). The number of rotatable bonds is 4. The van der Waals surface area contributed by atoms with Crippen molar-refractivity contribution in [2.45, 2.75) is 6.92 Å². The highest BCUT2D eigenvalue weighted by molar-refractivity contribution is 5.67. The average molecular weight is 202 g/mol. The molecule has 0 fully saturated rings. The zero-order valence-electron chi connectivity index (χ0n) is 8.56. The third kappa shape index (κ3) is 2.13. The summed E-state index contributed by atoms with van der Waals surface area (Å²) in [6.07, 6.45) is 3.17. The molecule has 0 heterocycles. The molecule has 1 aromatic rings. The zero-order chi connectivity index (χ0) is 11.4. The summed E-state index contributed by atoms with van der Waals surface area (Å²) in [5.41, 5.74) is 1.41. The molecule has 0 aliphatic carbocycles. The van der Waals surface area contributed by atoms with Crippen LogP contribution in [0, 0.1) is 16.0 Å². The minimum atomic E-state index is -0.406. The van der Waals surface area contributed by atoms with Gasteiger partial charge in [-0.25, -0.2) is 0 Å². The molecule has 3 nitrogen and oxygen atoms in total. The monoisotopic (exact) mass is 202 g/mol. The van der Waals surface area contributed by atoms with Gasteiger partial charge in [-0.2, -0.15) is 0 Å². The molecule has 1 aromatic carbocycles. The minimum Gasteiger partial charge on any atom is -0.258 e. The van der Waals surface area contributed by atoms with Crippen LogP contribution in [0.2, 0.25) is 0 Å². The second-order valence-electron chi connectivity index (χ2n) is 3.09. The zero-order valence-corrected chi connectivity index (χ0v) is 8.56. The molecule has 0 atom stereocenters. The van der Waals surface area contributed by atoms with Crippen LogP contribution in [0.1, 0.15) is 18.1 Å². The summed E-state index contributed by atoms with van der Waals surface area (Å²) >= 11 is 0. The van der Waals surface area contributed by atoms with Crippen molar-refractivity contribution >= 4 is 11.8 Å². The van der Waals surface area contributed by atoms with Crippen LogP contribution in [0.25, 0.3) is 6.08 Å². The molecule has 0 aromatic heterocycles. The van der Waals surface area contributed by atoms with Gasteiger partial charge in [-0.1, -0.05) is 37.8 Å². The quantitative estimate of drug-likeness (QED) is 0.555. The molecule has 0 N–H and O–H groups in total. The second kappa shape index (κ2) is 4.55. The standard InChI is InChI=1S/C12H12NO2/c1-4-9(3)11-7-6-8-12(13(14)15)10(11)5-2/h4-8H,1-2H2,3H3. The molecule has 3 heteroatoms. The van der Waals surface area contributed by atoms with E-state index in [1.165, 1.54) is 12.1 Å². The smallest absolute Gasteiger partial charge is 0.258 e. The number of nitro benzene ring substituents is 1. The van der Waals surface area contributed by atoms with E-state index in [4.69, 9.17) is 0 Å². The lowest BCUT2D eigenvalue weighted by Crippen LogP contribution is -1.98. The maximum atomic E-state index is 10.8. The first-order valence-corrected chi connectivity index (χ1v) is 4.48. The van der Waals surface area contributed by atoms with Crippen molar-refractivity contribution in [3.8, 4) is 0 Å². The van der Waals surface area contributed by atoms with Crippen LogP contribution in [0.3, 0.4) is 0 Å². The van der Waals surface area contributed by atoms with Gasteiger partial charge in [0.2, 0.25) is 0 Å². The highest BCUT2D eigenvalue weighted by atomic mass is 16.6. The van der Waals surface area contributed by atoms with Crippen LogP contribution in [0.15, 0.2) is 37.4 Å². The van der Waals surface area contributed by atoms with E-state index in [-0.39, 0.29) is 5.69 Å². The van der Waals surface area contributed by atoms with Gasteiger partial charge < -0.3 is 0 Å². The molecular weight excluding hydrogens is 190 g/mol.